The van der Waals surface area contributed by atoms with Crippen molar-refractivity contribution in [3.05, 3.63) is 63.0 Å². The maximum atomic E-state index is 12.4. The first-order chi connectivity index (χ1) is 11.0. The topological polar surface area (TPSA) is 107 Å². The summed E-state index contributed by atoms with van der Waals surface area (Å²) < 4.78 is 1.33. The van der Waals surface area contributed by atoms with Gasteiger partial charge < -0.3 is 11.1 Å². The summed E-state index contributed by atoms with van der Waals surface area (Å²) in [4.78, 5) is 41.6. The Labute approximate surface area is 134 Å². The molecule has 2 aromatic heterocycles. The molecule has 3 N–H and O–H groups in total. The Morgan fingerprint density at radius 3 is 2.74 bits per heavy atom. The normalized spacial score (nSPS) is 10.7. The van der Waals surface area contributed by atoms with Gasteiger partial charge >= 0.3 is 0 Å². The maximum Gasteiger partial charge on any atom is 0.271 e. The Balaban J connectivity index is 2.00. The molecule has 2 heterocycles. The van der Waals surface area contributed by atoms with Crippen LogP contribution in [0.4, 0.5) is 5.69 Å². The number of aryl methyl sites for hydroxylation is 1. The van der Waals surface area contributed by atoms with Crippen molar-refractivity contribution in [1.82, 2.24) is 9.38 Å². The van der Waals surface area contributed by atoms with Gasteiger partial charge in [0.15, 0.2) is 4.96 Å². The monoisotopic (exact) mass is 328 g/mol. The second kappa shape index (κ2) is 5.65. The van der Waals surface area contributed by atoms with Crippen LogP contribution >= 0.6 is 11.3 Å². The Hall–Kier alpha value is -3.00. The van der Waals surface area contributed by atoms with Gasteiger partial charge in [0.25, 0.3) is 17.4 Å². The third-order valence-corrected chi connectivity index (χ3v) is 4.12. The fourth-order valence-corrected chi connectivity index (χ4v) is 2.93. The van der Waals surface area contributed by atoms with Gasteiger partial charge in [-0.25, -0.2) is 4.98 Å². The van der Waals surface area contributed by atoms with E-state index in [0.29, 0.717) is 4.96 Å². The Morgan fingerprint density at radius 1 is 1.26 bits per heavy atom. The fraction of sp³-hybridized carbons (Fsp3) is 0.0667. The number of carbonyl (C=O) groups is 2. The molecule has 0 spiro atoms. The van der Waals surface area contributed by atoms with Crippen LogP contribution < -0.4 is 16.6 Å². The van der Waals surface area contributed by atoms with E-state index in [2.05, 4.69) is 10.3 Å². The Morgan fingerprint density at radius 2 is 2.00 bits per heavy atom. The van der Waals surface area contributed by atoms with Crippen LogP contribution in [0.3, 0.4) is 0 Å². The van der Waals surface area contributed by atoms with Crippen LogP contribution in [0.1, 0.15) is 25.6 Å². The van der Waals surface area contributed by atoms with Crippen LogP contribution in [0, 0.1) is 6.92 Å². The second-order valence-electron chi connectivity index (χ2n) is 4.84. The van der Waals surface area contributed by atoms with Crippen molar-refractivity contribution in [2.45, 2.75) is 6.92 Å². The van der Waals surface area contributed by atoms with Gasteiger partial charge in [0.1, 0.15) is 5.56 Å². The second-order valence-corrected chi connectivity index (χ2v) is 6.05. The van der Waals surface area contributed by atoms with Crippen molar-refractivity contribution < 1.29 is 9.59 Å². The summed E-state index contributed by atoms with van der Waals surface area (Å²) in [6.07, 6.45) is 2.86. The first kappa shape index (κ1) is 14.9. The van der Waals surface area contributed by atoms with Gasteiger partial charge in [0.2, 0.25) is 0 Å². The molecule has 1 aromatic carbocycles. The van der Waals surface area contributed by atoms with E-state index in [1.54, 1.807) is 18.3 Å². The number of hydrogen-bond donors (Lipinski definition) is 2. The number of anilines is 1. The third kappa shape index (κ3) is 2.71. The molecule has 0 radical (unpaired) electrons. The smallest absolute Gasteiger partial charge is 0.271 e. The Bertz CT molecular complexity index is 990. The van der Waals surface area contributed by atoms with E-state index in [0.717, 1.165) is 4.88 Å². The van der Waals surface area contributed by atoms with E-state index < -0.39 is 17.4 Å². The van der Waals surface area contributed by atoms with Crippen LogP contribution in [0.25, 0.3) is 4.96 Å². The summed E-state index contributed by atoms with van der Waals surface area (Å²) >= 11 is 1.36. The molecule has 0 bridgehead atoms. The molecule has 0 aliphatic carbocycles. The summed E-state index contributed by atoms with van der Waals surface area (Å²) in [5.41, 5.74) is 5.11. The number of fused-ring (bicyclic) bond motifs is 1. The zero-order valence-corrected chi connectivity index (χ0v) is 12.9. The molecule has 3 rings (SSSR count). The van der Waals surface area contributed by atoms with E-state index in [9.17, 15) is 14.4 Å². The summed E-state index contributed by atoms with van der Waals surface area (Å²) in [6.45, 7) is 1.85. The molecule has 2 amide bonds. The molecule has 0 aliphatic rings. The first-order valence-electron chi connectivity index (χ1n) is 6.65. The highest BCUT2D eigenvalue weighted by atomic mass is 32.1. The predicted octanol–water partition coefficient (Wildman–Crippen LogP) is 1.42. The van der Waals surface area contributed by atoms with E-state index in [1.807, 2.05) is 6.92 Å². The average molecular weight is 328 g/mol. The predicted molar refractivity (Wildman–Crippen MR) is 87.0 cm³/mol. The molecule has 3 aromatic rings. The summed E-state index contributed by atoms with van der Waals surface area (Å²) in [6, 6.07) is 6.32. The van der Waals surface area contributed by atoms with E-state index in [-0.39, 0.29) is 16.8 Å². The lowest BCUT2D eigenvalue weighted by atomic mass is 10.1. The summed E-state index contributed by atoms with van der Waals surface area (Å²) in [7, 11) is 0. The van der Waals surface area contributed by atoms with E-state index in [1.165, 1.54) is 34.1 Å². The highest BCUT2D eigenvalue weighted by Gasteiger charge is 2.17. The number of nitrogens with two attached hydrogens (primary N) is 1. The number of nitrogens with one attached hydrogen (secondary N) is 1. The van der Waals surface area contributed by atoms with Gasteiger partial charge in [-0.1, -0.05) is 12.1 Å². The minimum atomic E-state index is -0.667. The van der Waals surface area contributed by atoms with Crippen LogP contribution in [-0.4, -0.2) is 21.2 Å². The molecule has 116 valence electrons. The summed E-state index contributed by atoms with van der Waals surface area (Å²) in [5.74, 6) is -1.31. The minimum Gasteiger partial charge on any atom is -0.366 e. The number of aromatic nitrogens is 2. The maximum absolute atomic E-state index is 12.4. The van der Waals surface area contributed by atoms with Gasteiger partial charge in [-0.3, -0.25) is 18.8 Å². The van der Waals surface area contributed by atoms with Gasteiger partial charge in [0.05, 0.1) is 11.3 Å². The minimum absolute atomic E-state index is 0.112. The zero-order chi connectivity index (χ0) is 16.6. The molecule has 0 saturated carbocycles. The first-order valence-corrected chi connectivity index (χ1v) is 7.47. The van der Waals surface area contributed by atoms with E-state index in [4.69, 9.17) is 5.73 Å². The molecule has 0 saturated heterocycles. The van der Waals surface area contributed by atoms with E-state index >= 15 is 0 Å². The van der Waals surface area contributed by atoms with Crippen molar-refractivity contribution in [2.24, 2.45) is 5.73 Å². The van der Waals surface area contributed by atoms with Gasteiger partial charge in [-0.05, 0) is 19.1 Å². The van der Waals surface area contributed by atoms with Crippen LogP contribution in [0.5, 0.6) is 0 Å². The molecule has 23 heavy (non-hydrogen) atoms. The lowest BCUT2D eigenvalue weighted by Crippen LogP contribution is -2.26. The molecular formula is C15H12N4O3S. The van der Waals surface area contributed by atoms with Crippen molar-refractivity contribution in [2.75, 3.05) is 5.32 Å². The molecule has 0 atom stereocenters. The fourth-order valence-electron chi connectivity index (χ4n) is 2.15. The lowest BCUT2D eigenvalue weighted by molar-refractivity contribution is 0.100. The number of primary amides is 1. The highest BCUT2D eigenvalue weighted by Crippen LogP contribution is 2.16. The number of amides is 2. The lowest BCUT2D eigenvalue weighted by Gasteiger charge is -2.08. The van der Waals surface area contributed by atoms with Gasteiger partial charge in [-0.15, -0.1) is 11.3 Å². The van der Waals surface area contributed by atoms with Crippen molar-refractivity contribution in [3.63, 3.8) is 0 Å². The molecule has 8 heteroatoms. The third-order valence-electron chi connectivity index (χ3n) is 3.21. The number of nitrogens with zero attached hydrogens (tertiary/aromatic N) is 2. The molecule has 0 unspecified atom stereocenters. The molecule has 7 nitrogen and oxygen atoms in total. The highest BCUT2D eigenvalue weighted by molar-refractivity contribution is 7.16. The SMILES string of the molecule is Cc1cn2c(=O)c(C(=O)Nc3ccccc3C(N)=O)cnc2s1. The van der Waals surface area contributed by atoms with Gasteiger partial charge in [-0.2, -0.15) is 0 Å². The number of hydrogen-bond acceptors (Lipinski definition) is 5. The van der Waals surface area contributed by atoms with Gasteiger partial charge in [0, 0.05) is 17.3 Å². The van der Waals surface area contributed by atoms with Crippen molar-refractivity contribution in [1.29, 1.82) is 0 Å². The Kier molecular flexibility index (Phi) is 3.67. The number of thiazole rings is 1. The largest absolute Gasteiger partial charge is 0.366 e. The molecule has 0 fully saturated rings. The number of rotatable bonds is 3. The van der Waals surface area contributed by atoms with Crippen molar-refractivity contribution in [3.8, 4) is 0 Å². The van der Waals surface area contributed by atoms with Crippen molar-refractivity contribution >= 4 is 33.8 Å². The molecular weight excluding hydrogens is 316 g/mol. The average Bonchev–Trinajstić information content (AvgIpc) is 2.89. The summed E-state index contributed by atoms with van der Waals surface area (Å²) in [5, 5.41) is 2.53. The number of benzene rings is 1. The van der Waals surface area contributed by atoms with Crippen LogP contribution in [0.2, 0.25) is 0 Å². The standard InChI is InChI=1S/C15H12N4O3S/c1-8-7-19-14(22)10(6-17-15(19)23-8)13(21)18-11-5-3-2-4-9(11)12(16)20/h2-7H,1H3,(H2,16,20)(H,18,21). The molecule has 0 aliphatic heterocycles. The number of para-hydroxylation sites is 1. The quantitative estimate of drug-likeness (QED) is 0.758. The van der Waals surface area contributed by atoms with Crippen LogP contribution in [0.15, 0.2) is 41.5 Å². The van der Waals surface area contributed by atoms with Crippen LogP contribution in [-0.2, 0) is 0 Å². The number of carbonyl (C=O) groups excluding carboxylic acids is 2. The zero-order valence-electron chi connectivity index (χ0n) is 12.1.